The van der Waals surface area contributed by atoms with Gasteiger partial charge in [0.2, 0.25) is 11.8 Å². The van der Waals surface area contributed by atoms with Crippen LogP contribution in [0, 0.1) is 5.92 Å². The first-order chi connectivity index (χ1) is 17.6. The summed E-state index contributed by atoms with van der Waals surface area (Å²) in [4.78, 5) is 57.4. The number of amides is 4. The normalized spacial score (nSPS) is 21.4. The Morgan fingerprint density at radius 2 is 1.62 bits per heavy atom. The van der Waals surface area contributed by atoms with Crippen molar-refractivity contribution in [2.75, 3.05) is 9.80 Å². The molecule has 2 aliphatic heterocycles. The fourth-order valence-corrected chi connectivity index (χ4v) is 5.65. The fourth-order valence-electron chi connectivity index (χ4n) is 5.27. The molecule has 0 bridgehead atoms. The Balaban J connectivity index is 1.71. The van der Waals surface area contributed by atoms with E-state index >= 15 is 0 Å². The first-order valence-electron chi connectivity index (χ1n) is 11.9. The van der Waals surface area contributed by atoms with E-state index in [0.29, 0.717) is 27.0 Å². The molecule has 0 saturated carbocycles. The number of nitrogens with zero attached hydrogens (tertiary/aromatic N) is 2. The lowest BCUT2D eigenvalue weighted by atomic mass is 9.65. The predicted octanol–water partition coefficient (Wildman–Crippen LogP) is 5.60. The van der Waals surface area contributed by atoms with Crippen molar-refractivity contribution in [2.24, 2.45) is 5.92 Å². The number of imide groups is 2. The van der Waals surface area contributed by atoms with Gasteiger partial charge in [-0.15, -0.1) is 0 Å². The number of benzene rings is 3. The van der Waals surface area contributed by atoms with Crippen molar-refractivity contribution in [2.45, 2.75) is 38.2 Å². The van der Waals surface area contributed by atoms with Gasteiger partial charge in [-0.05, 0) is 56.2 Å². The van der Waals surface area contributed by atoms with Crippen LogP contribution >= 0.6 is 15.9 Å². The van der Waals surface area contributed by atoms with Crippen LogP contribution in [0.4, 0.5) is 16.2 Å². The van der Waals surface area contributed by atoms with Crippen molar-refractivity contribution in [3.05, 3.63) is 94.5 Å². The molecule has 2 aliphatic rings. The van der Waals surface area contributed by atoms with E-state index in [9.17, 15) is 19.2 Å². The molecule has 0 unspecified atom stereocenters. The van der Waals surface area contributed by atoms with E-state index in [0.717, 1.165) is 9.80 Å². The third-order valence-electron chi connectivity index (χ3n) is 6.65. The topological polar surface area (TPSA) is 84.0 Å². The minimum Gasteiger partial charge on any atom is -0.443 e. The first-order valence-corrected chi connectivity index (χ1v) is 12.7. The summed E-state index contributed by atoms with van der Waals surface area (Å²) in [6, 6.07) is 22.7. The average Bonchev–Trinajstić information content (AvgIpc) is 3.28. The third kappa shape index (κ3) is 3.96. The molecule has 0 aromatic heterocycles. The minimum absolute atomic E-state index is 0.192. The maximum atomic E-state index is 14.5. The second-order valence-electron chi connectivity index (χ2n) is 10.1. The van der Waals surface area contributed by atoms with Crippen molar-refractivity contribution in [3.8, 4) is 0 Å². The molecule has 2 heterocycles. The number of carbonyl (C=O) groups is 4. The Morgan fingerprint density at radius 3 is 2.30 bits per heavy atom. The van der Waals surface area contributed by atoms with E-state index in [-0.39, 0.29) is 6.42 Å². The van der Waals surface area contributed by atoms with Gasteiger partial charge in [-0.25, -0.2) is 9.69 Å². The third-order valence-corrected chi connectivity index (χ3v) is 7.14. The van der Waals surface area contributed by atoms with Gasteiger partial charge < -0.3 is 4.74 Å². The van der Waals surface area contributed by atoms with Crippen LogP contribution in [0.5, 0.6) is 0 Å². The summed E-state index contributed by atoms with van der Waals surface area (Å²) in [6.07, 6.45) is -1.02. The number of para-hydroxylation sites is 1. The van der Waals surface area contributed by atoms with Gasteiger partial charge in [0, 0.05) is 10.9 Å². The van der Waals surface area contributed by atoms with E-state index in [2.05, 4.69) is 15.9 Å². The van der Waals surface area contributed by atoms with Crippen LogP contribution in [-0.2, 0) is 24.5 Å². The van der Waals surface area contributed by atoms with Gasteiger partial charge in [0.05, 0.1) is 17.3 Å². The summed E-state index contributed by atoms with van der Waals surface area (Å²) in [5.41, 5.74) is -0.673. The molecule has 2 atom stereocenters. The van der Waals surface area contributed by atoms with Crippen molar-refractivity contribution < 1.29 is 23.9 Å². The summed E-state index contributed by atoms with van der Waals surface area (Å²) in [5.74, 6) is -2.59. The molecule has 1 saturated heterocycles. The number of anilines is 2. The lowest BCUT2D eigenvalue weighted by Gasteiger charge is -2.33. The van der Waals surface area contributed by atoms with Crippen molar-refractivity contribution >= 4 is 51.1 Å². The Hall–Kier alpha value is -3.78. The number of rotatable bonds is 3. The van der Waals surface area contributed by atoms with Gasteiger partial charge in [-0.2, -0.15) is 0 Å². The van der Waals surface area contributed by atoms with Crippen LogP contribution in [0.15, 0.2) is 83.3 Å². The zero-order chi connectivity index (χ0) is 26.5. The summed E-state index contributed by atoms with van der Waals surface area (Å²) in [5, 5.41) is 0. The van der Waals surface area contributed by atoms with Gasteiger partial charge in [0.25, 0.3) is 5.91 Å². The van der Waals surface area contributed by atoms with Gasteiger partial charge >= 0.3 is 6.09 Å². The molecule has 0 N–H and O–H groups in total. The predicted molar refractivity (Wildman–Crippen MR) is 142 cm³/mol. The average molecular weight is 561 g/mol. The molecule has 5 rings (SSSR count). The summed E-state index contributed by atoms with van der Waals surface area (Å²) >= 11 is 3.39. The zero-order valence-electron chi connectivity index (χ0n) is 20.6. The number of halogens is 1. The summed E-state index contributed by atoms with van der Waals surface area (Å²) in [7, 11) is 0. The van der Waals surface area contributed by atoms with Gasteiger partial charge in [0.15, 0.2) is 0 Å². The lowest BCUT2D eigenvalue weighted by Crippen LogP contribution is -2.51. The molecule has 3 aromatic carbocycles. The van der Waals surface area contributed by atoms with Crippen LogP contribution in [0.25, 0.3) is 0 Å². The van der Waals surface area contributed by atoms with E-state index in [1.807, 2.05) is 6.07 Å². The van der Waals surface area contributed by atoms with Gasteiger partial charge in [0.1, 0.15) is 11.0 Å². The maximum Gasteiger partial charge on any atom is 0.421 e. The molecule has 7 nitrogen and oxygen atoms in total. The summed E-state index contributed by atoms with van der Waals surface area (Å²) in [6.45, 7) is 5.16. The van der Waals surface area contributed by atoms with Crippen LogP contribution in [0.3, 0.4) is 0 Å². The molecular weight excluding hydrogens is 536 g/mol. The van der Waals surface area contributed by atoms with Crippen molar-refractivity contribution in [3.63, 3.8) is 0 Å². The highest BCUT2D eigenvalue weighted by atomic mass is 79.9. The zero-order valence-corrected chi connectivity index (χ0v) is 22.2. The van der Waals surface area contributed by atoms with Crippen molar-refractivity contribution in [1.82, 2.24) is 0 Å². The molecule has 3 aromatic rings. The molecule has 8 heteroatoms. The Morgan fingerprint density at radius 1 is 0.946 bits per heavy atom. The lowest BCUT2D eigenvalue weighted by molar-refractivity contribution is -0.130. The van der Waals surface area contributed by atoms with E-state index in [1.165, 1.54) is 0 Å². The van der Waals surface area contributed by atoms with Crippen LogP contribution in [-0.4, -0.2) is 29.4 Å². The smallest absolute Gasteiger partial charge is 0.421 e. The molecular formula is C29H25BrN2O5. The van der Waals surface area contributed by atoms with Crippen LogP contribution in [0.1, 0.15) is 38.3 Å². The standard InChI is InChI=1S/C29H25BrN2O5/c1-28(2,3)37-27(36)32-23-15-8-7-14-21(23)29(26(32)35,18-10-5-4-6-11-18)22-17-24(33)31(25(22)34)20-13-9-12-19(30)16-20/h4-16,22H,17H2,1-3H3/t22-,29-/m1/s1. The number of ether oxygens (including phenoxy) is 1. The SMILES string of the molecule is CC(C)(C)OC(=O)N1C(=O)[C@@](c2ccccc2)([C@@H]2CC(=O)N(c3cccc(Br)c3)C2=O)c2ccccc21. The molecule has 188 valence electrons. The Bertz CT molecular complexity index is 1430. The van der Waals surface area contributed by atoms with E-state index in [4.69, 9.17) is 4.74 Å². The van der Waals surface area contributed by atoms with Crippen LogP contribution in [0.2, 0.25) is 0 Å². The minimum atomic E-state index is -1.59. The van der Waals surface area contributed by atoms with Gasteiger partial charge in [-0.3, -0.25) is 19.3 Å². The Labute approximate surface area is 223 Å². The highest BCUT2D eigenvalue weighted by Crippen LogP contribution is 2.54. The van der Waals surface area contributed by atoms with E-state index in [1.54, 1.807) is 93.6 Å². The van der Waals surface area contributed by atoms with Crippen LogP contribution < -0.4 is 9.80 Å². The quantitative estimate of drug-likeness (QED) is 0.389. The second-order valence-corrected chi connectivity index (χ2v) is 11.0. The van der Waals surface area contributed by atoms with E-state index < -0.39 is 40.7 Å². The number of fused-ring (bicyclic) bond motifs is 1. The molecule has 0 aliphatic carbocycles. The number of hydrogen-bond acceptors (Lipinski definition) is 5. The summed E-state index contributed by atoms with van der Waals surface area (Å²) < 4.78 is 6.30. The first kappa shape index (κ1) is 24.9. The molecule has 0 radical (unpaired) electrons. The number of hydrogen-bond donors (Lipinski definition) is 0. The molecule has 37 heavy (non-hydrogen) atoms. The molecule has 1 fully saturated rings. The van der Waals surface area contributed by atoms with Gasteiger partial charge in [-0.1, -0.05) is 70.5 Å². The fraction of sp³-hybridized carbons (Fsp3) is 0.241. The monoisotopic (exact) mass is 560 g/mol. The Kier molecular flexibility index (Phi) is 6.02. The number of carbonyl (C=O) groups excluding carboxylic acids is 4. The maximum absolute atomic E-state index is 14.5. The molecule has 0 spiro atoms. The van der Waals surface area contributed by atoms with Crippen molar-refractivity contribution in [1.29, 1.82) is 0 Å². The highest BCUT2D eigenvalue weighted by molar-refractivity contribution is 9.10. The second kappa shape index (κ2) is 8.95. The largest absolute Gasteiger partial charge is 0.443 e. The highest BCUT2D eigenvalue weighted by Gasteiger charge is 2.64. The molecule has 4 amide bonds.